The van der Waals surface area contributed by atoms with E-state index in [2.05, 4.69) is 0 Å². The van der Waals surface area contributed by atoms with E-state index in [4.69, 9.17) is 10.8 Å². The third-order valence-electron chi connectivity index (χ3n) is 1.19. The molecular formula is C6H8NO4P. The molecule has 0 saturated carbocycles. The van der Waals surface area contributed by atoms with Gasteiger partial charge in [-0.3, -0.25) is 0 Å². The molecule has 6 heteroatoms. The molecule has 0 aromatic heterocycles. The molecule has 0 unspecified atom stereocenters. The molecule has 0 fully saturated rings. The van der Waals surface area contributed by atoms with Crippen molar-refractivity contribution in [3.8, 4) is 5.63 Å². The van der Waals surface area contributed by atoms with Crippen LogP contribution in [0, 0.1) is 5.63 Å². The molecule has 0 rings (SSSR count). The van der Waals surface area contributed by atoms with Crippen LogP contribution in [0.25, 0.3) is 0 Å². The zero-order valence-electron chi connectivity index (χ0n) is 6.40. The topological polar surface area (TPSA) is 97.5 Å². The van der Waals surface area contributed by atoms with E-state index in [0.717, 1.165) is 0 Å². The maximum absolute atomic E-state index is 10.7. The molecule has 0 saturated heterocycles. The van der Waals surface area contributed by atoms with Crippen LogP contribution in [-0.4, -0.2) is 22.4 Å². The summed E-state index contributed by atoms with van der Waals surface area (Å²) in [5.41, 5.74) is 5.50. The molecule has 0 radical (unpaired) electrons. The van der Waals surface area contributed by atoms with Gasteiger partial charge in [0.2, 0.25) is 0 Å². The van der Waals surface area contributed by atoms with E-state index >= 15 is 0 Å². The van der Waals surface area contributed by atoms with Gasteiger partial charge >= 0.3 is 69.2 Å². The number of nitrogens with two attached hydrogens (primary N) is 1. The molecule has 0 aromatic rings. The SMILES string of the molecule is C[C@](N)(CC(=O)C#P=O)C(=O)O. The average Bonchev–Trinajstić information content (AvgIpc) is 1.85. The monoisotopic (exact) mass is 189 g/mol. The molecule has 66 valence electrons. The molecule has 0 aromatic carbocycles. The Hall–Kier alpha value is -0.890. The third kappa shape index (κ3) is 3.49. The van der Waals surface area contributed by atoms with Crippen LogP contribution < -0.4 is 5.73 Å². The van der Waals surface area contributed by atoms with Gasteiger partial charge in [0.15, 0.2) is 0 Å². The zero-order chi connectivity index (χ0) is 9.78. The van der Waals surface area contributed by atoms with Crippen molar-refractivity contribution in [3.63, 3.8) is 0 Å². The Morgan fingerprint density at radius 1 is 1.67 bits per heavy atom. The van der Waals surface area contributed by atoms with Crippen LogP contribution in [0.3, 0.4) is 0 Å². The summed E-state index contributed by atoms with van der Waals surface area (Å²) in [5.74, 6) is -1.95. The maximum atomic E-state index is 10.7. The predicted octanol–water partition coefficient (Wildman–Crippen LogP) is -0.00150. The molecule has 1 atom stereocenters. The van der Waals surface area contributed by atoms with E-state index in [1.807, 2.05) is 5.63 Å². The van der Waals surface area contributed by atoms with Crippen molar-refractivity contribution in [1.29, 1.82) is 0 Å². The minimum atomic E-state index is -1.62. The van der Waals surface area contributed by atoms with Gasteiger partial charge in [-0.25, -0.2) is 0 Å². The molecule has 0 aliphatic carbocycles. The Kier molecular flexibility index (Phi) is 3.90. The first-order chi connectivity index (χ1) is 5.40. The zero-order valence-corrected chi connectivity index (χ0v) is 7.30. The number of rotatable bonds is 3. The Labute approximate surface area is 70.1 Å². The fraction of sp³-hybridized carbons (Fsp3) is 0.500. The van der Waals surface area contributed by atoms with Crippen LogP contribution in [-0.2, 0) is 14.2 Å². The summed E-state index contributed by atoms with van der Waals surface area (Å²) in [6, 6.07) is 0. The molecule has 0 aliphatic rings. The summed E-state index contributed by atoms with van der Waals surface area (Å²) in [5, 5.41) is 8.47. The van der Waals surface area contributed by atoms with Crippen LogP contribution in [0.15, 0.2) is 0 Å². The predicted molar refractivity (Wildman–Crippen MR) is 41.3 cm³/mol. The van der Waals surface area contributed by atoms with E-state index in [1.165, 1.54) is 6.92 Å². The van der Waals surface area contributed by atoms with Crippen molar-refractivity contribution in [3.05, 3.63) is 0 Å². The van der Waals surface area contributed by atoms with Gasteiger partial charge in [0.05, 0.1) is 0 Å². The van der Waals surface area contributed by atoms with E-state index < -0.39 is 31.6 Å². The number of carboxylic acids is 1. The van der Waals surface area contributed by atoms with E-state index in [-0.39, 0.29) is 0 Å². The molecule has 0 bridgehead atoms. The normalized spacial score (nSPS) is 14.2. The van der Waals surface area contributed by atoms with Crippen molar-refractivity contribution in [2.45, 2.75) is 18.9 Å². The Morgan fingerprint density at radius 2 is 2.17 bits per heavy atom. The second-order valence-electron chi connectivity index (χ2n) is 2.53. The second kappa shape index (κ2) is 4.21. The van der Waals surface area contributed by atoms with Gasteiger partial charge in [0, 0.05) is 0 Å². The van der Waals surface area contributed by atoms with E-state index in [0.29, 0.717) is 0 Å². The Bertz CT molecular complexity index is 302. The van der Waals surface area contributed by atoms with Gasteiger partial charge in [-0.05, 0) is 0 Å². The van der Waals surface area contributed by atoms with E-state index in [9.17, 15) is 14.2 Å². The quantitative estimate of drug-likeness (QED) is 0.609. The molecule has 5 nitrogen and oxygen atoms in total. The standard InChI is InChI=1S/C6H8NO4P/c1-6(7,5(9)10)2-4(8)3-12-11/h2,7H2,1H3,(H,9,10)/t6-/m0/s1. The summed E-state index contributed by atoms with van der Waals surface area (Å²) >= 11 is 0. The Morgan fingerprint density at radius 3 is 2.50 bits per heavy atom. The fourth-order valence-electron chi connectivity index (χ4n) is 0.500. The van der Waals surface area contributed by atoms with Crippen molar-refractivity contribution in [2.24, 2.45) is 5.73 Å². The second-order valence-corrected chi connectivity index (χ2v) is 2.93. The van der Waals surface area contributed by atoms with Gasteiger partial charge in [0.25, 0.3) is 0 Å². The molecule has 0 spiro atoms. The number of carboxylic acid groups (broad SMARTS) is 1. The number of Topliss-reactive ketones (excluding diaryl/α,β-unsaturated/α-hetero) is 1. The van der Waals surface area contributed by atoms with Gasteiger partial charge in [-0.2, -0.15) is 0 Å². The van der Waals surface area contributed by atoms with Gasteiger partial charge in [-0.15, -0.1) is 0 Å². The molecule has 12 heavy (non-hydrogen) atoms. The van der Waals surface area contributed by atoms with Crippen molar-refractivity contribution < 1.29 is 19.3 Å². The minimum absolute atomic E-state index is 0.405. The van der Waals surface area contributed by atoms with Gasteiger partial charge in [0.1, 0.15) is 0 Å². The van der Waals surface area contributed by atoms with Crippen LogP contribution in [0.1, 0.15) is 13.3 Å². The summed E-state index contributed by atoms with van der Waals surface area (Å²) in [6.07, 6.45) is -0.405. The molecule has 3 N–H and O–H groups in total. The van der Waals surface area contributed by atoms with Crippen LogP contribution >= 0.6 is 7.92 Å². The molecule has 0 aliphatic heterocycles. The summed E-state index contributed by atoms with van der Waals surface area (Å²) < 4.78 is 9.85. The van der Waals surface area contributed by atoms with Crippen LogP contribution in [0.5, 0.6) is 0 Å². The Balaban J connectivity index is 4.41. The van der Waals surface area contributed by atoms with Gasteiger partial charge in [-0.1, -0.05) is 0 Å². The van der Waals surface area contributed by atoms with Crippen molar-refractivity contribution in [1.82, 2.24) is 0 Å². The van der Waals surface area contributed by atoms with Crippen molar-refractivity contribution >= 4 is 19.7 Å². The number of carbonyl (C=O) groups excluding carboxylic acids is 1. The number of carbonyl (C=O) groups is 2. The summed E-state index contributed by atoms with van der Waals surface area (Å²) in [6.45, 7) is 1.20. The number of hydrogen-bond acceptors (Lipinski definition) is 4. The summed E-state index contributed by atoms with van der Waals surface area (Å²) in [7, 11) is -0.558. The van der Waals surface area contributed by atoms with Crippen LogP contribution in [0.4, 0.5) is 0 Å². The third-order valence-corrected chi connectivity index (χ3v) is 1.53. The molecular weight excluding hydrogens is 181 g/mol. The first kappa shape index (κ1) is 11.1. The number of aliphatic carboxylic acids is 1. The van der Waals surface area contributed by atoms with Crippen molar-refractivity contribution in [2.75, 3.05) is 0 Å². The molecule has 0 amide bonds. The average molecular weight is 189 g/mol. The fourth-order valence-corrected chi connectivity index (χ4v) is 0.680. The number of ketones is 1. The molecule has 0 heterocycles. The first-order valence-electron chi connectivity index (χ1n) is 3.03. The number of hydrogen-bond donors (Lipinski definition) is 2. The van der Waals surface area contributed by atoms with Gasteiger partial charge < -0.3 is 0 Å². The van der Waals surface area contributed by atoms with Crippen LogP contribution in [0.2, 0.25) is 0 Å². The first-order valence-corrected chi connectivity index (χ1v) is 3.85. The summed E-state index contributed by atoms with van der Waals surface area (Å²) in [4.78, 5) is 21.1. The van der Waals surface area contributed by atoms with E-state index in [1.54, 1.807) is 0 Å².